The van der Waals surface area contributed by atoms with E-state index in [1.165, 1.54) is 11.3 Å². The third kappa shape index (κ3) is 4.29. The summed E-state index contributed by atoms with van der Waals surface area (Å²) >= 11 is 8.23. The Labute approximate surface area is 144 Å². The Morgan fingerprint density at radius 3 is 2.81 bits per heavy atom. The van der Waals surface area contributed by atoms with Gasteiger partial charge in [0.25, 0.3) is 5.91 Å². The lowest BCUT2D eigenvalue weighted by Crippen LogP contribution is -2.41. The van der Waals surface area contributed by atoms with Crippen molar-refractivity contribution in [3.63, 3.8) is 0 Å². The zero-order chi connectivity index (χ0) is 15.6. The Balaban J connectivity index is 2.03. The number of carbonyl (C=O) groups excluding carboxylic acids is 1. The molecule has 7 heteroatoms. The summed E-state index contributed by atoms with van der Waals surface area (Å²) in [5, 5.41) is 8.91. The lowest BCUT2D eigenvalue weighted by atomic mass is 9.84. The predicted octanol–water partition coefficient (Wildman–Crippen LogP) is 4.24. The zero-order valence-electron chi connectivity index (χ0n) is 11.6. The highest BCUT2D eigenvalue weighted by molar-refractivity contribution is 9.13. The number of rotatable bonds is 4. The highest BCUT2D eigenvalue weighted by atomic mass is 79.9. The molecule has 1 fully saturated rings. The Hall–Kier alpha value is -0.400. The van der Waals surface area contributed by atoms with Crippen molar-refractivity contribution in [1.29, 1.82) is 0 Å². The predicted molar refractivity (Wildman–Crippen MR) is 89.8 cm³/mol. The molecule has 116 valence electrons. The van der Waals surface area contributed by atoms with E-state index in [-0.39, 0.29) is 24.2 Å². The van der Waals surface area contributed by atoms with E-state index in [2.05, 4.69) is 31.9 Å². The number of piperidine rings is 1. The smallest absolute Gasteiger partial charge is 0.303 e. The molecule has 0 aromatic carbocycles. The maximum Gasteiger partial charge on any atom is 0.303 e. The van der Waals surface area contributed by atoms with Crippen LogP contribution >= 0.6 is 43.2 Å². The molecule has 1 saturated heterocycles. The summed E-state index contributed by atoms with van der Waals surface area (Å²) in [6, 6.07) is 1.83. The van der Waals surface area contributed by atoms with Gasteiger partial charge in [0.05, 0.1) is 8.66 Å². The number of carboxylic acid groups (broad SMARTS) is 1. The number of hydrogen-bond donors (Lipinski definition) is 1. The molecule has 0 saturated carbocycles. The van der Waals surface area contributed by atoms with Crippen molar-refractivity contribution in [3.05, 3.63) is 19.2 Å². The number of amides is 1. The number of carbonyl (C=O) groups is 2. The van der Waals surface area contributed by atoms with Crippen LogP contribution in [0.2, 0.25) is 0 Å². The van der Waals surface area contributed by atoms with Crippen LogP contribution in [0.5, 0.6) is 0 Å². The Morgan fingerprint density at radius 2 is 2.24 bits per heavy atom. The van der Waals surface area contributed by atoms with Crippen molar-refractivity contribution in [2.24, 2.45) is 11.8 Å². The average Bonchev–Trinajstić information content (AvgIpc) is 2.77. The van der Waals surface area contributed by atoms with Gasteiger partial charge in [-0.05, 0) is 62.6 Å². The van der Waals surface area contributed by atoms with Crippen LogP contribution in [-0.4, -0.2) is 35.0 Å². The van der Waals surface area contributed by atoms with Crippen LogP contribution in [-0.2, 0) is 4.79 Å². The second-order valence-electron chi connectivity index (χ2n) is 5.46. The van der Waals surface area contributed by atoms with Crippen molar-refractivity contribution in [3.8, 4) is 0 Å². The van der Waals surface area contributed by atoms with E-state index in [1.807, 2.05) is 17.9 Å². The topological polar surface area (TPSA) is 57.6 Å². The van der Waals surface area contributed by atoms with Gasteiger partial charge in [-0.2, -0.15) is 0 Å². The molecule has 1 aliphatic heterocycles. The van der Waals surface area contributed by atoms with Crippen molar-refractivity contribution >= 4 is 55.1 Å². The molecule has 21 heavy (non-hydrogen) atoms. The number of thiophene rings is 1. The highest BCUT2D eigenvalue weighted by Crippen LogP contribution is 2.34. The Morgan fingerprint density at radius 1 is 1.52 bits per heavy atom. The van der Waals surface area contributed by atoms with E-state index in [0.717, 1.165) is 27.6 Å². The molecule has 0 radical (unpaired) electrons. The Bertz CT molecular complexity index is 527. The fourth-order valence-corrected chi connectivity index (χ4v) is 4.71. The van der Waals surface area contributed by atoms with Crippen LogP contribution in [0.25, 0.3) is 0 Å². The quantitative estimate of drug-likeness (QED) is 0.764. The van der Waals surface area contributed by atoms with Crippen LogP contribution in [0.3, 0.4) is 0 Å². The molecule has 4 nitrogen and oxygen atoms in total. The molecule has 1 aromatic rings. The summed E-state index contributed by atoms with van der Waals surface area (Å²) in [7, 11) is 0. The summed E-state index contributed by atoms with van der Waals surface area (Å²) < 4.78 is 1.81. The van der Waals surface area contributed by atoms with Crippen LogP contribution in [0.4, 0.5) is 0 Å². The minimum atomic E-state index is -0.767. The van der Waals surface area contributed by atoms with Crippen LogP contribution < -0.4 is 0 Å². The largest absolute Gasteiger partial charge is 0.481 e. The molecular weight excluding hydrogens is 422 g/mol. The van der Waals surface area contributed by atoms with E-state index >= 15 is 0 Å². The third-order valence-electron chi connectivity index (χ3n) is 3.90. The first-order chi connectivity index (χ1) is 9.88. The average molecular weight is 439 g/mol. The second kappa shape index (κ2) is 7.24. The standard InChI is InChI=1S/C14H17Br2NO3S/c1-8(5-12(18)19)9-3-2-4-17(7-9)14(20)11-6-10(15)13(16)21-11/h6,8-9H,2-5,7H2,1H3,(H,18,19). The number of hydrogen-bond acceptors (Lipinski definition) is 3. The molecule has 2 atom stereocenters. The van der Waals surface area contributed by atoms with Crippen molar-refractivity contribution in [1.82, 2.24) is 4.90 Å². The summed E-state index contributed by atoms with van der Waals surface area (Å²) in [6.45, 7) is 3.37. The summed E-state index contributed by atoms with van der Waals surface area (Å²) in [4.78, 5) is 25.9. The van der Waals surface area contributed by atoms with E-state index in [0.29, 0.717) is 11.4 Å². The second-order valence-corrected chi connectivity index (χ2v) is 8.69. The summed E-state index contributed by atoms with van der Waals surface area (Å²) in [5.74, 6) is -0.360. The van der Waals surface area contributed by atoms with Gasteiger partial charge in [0.15, 0.2) is 0 Å². The fraction of sp³-hybridized carbons (Fsp3) is 0.571. The van der Waals surface area contributed by atoms with E-state index in [9.17, 15) is 9.59 Å². The maximum absolute atomic E-state index is 12.5. The lowest BCUT2D eigenvalue weighted by Gasteiger charge is -2.35. The third-order valence-corrected chi connectivity index (χ3v) is 7.15. The number of nitrogens with zero attached hydrogens (tertiary/aromatic N) is 1. The van der Waals surface area contributed by atoms with Gasteiger partial charge in [0.1, 0.15) is 0 Å². The number of aliphatic carboxylic acids is 1. The van der Waals surface area contributed by atoms with Crippen LogP contribution in [0, 0.1) is 11.8 Å². The summed E-state index contributed by atoms with van der Waals surface area (Å²) in [6.07, 6.45) is 2.10. The molecule has 1 aromatic heterocycles. The van der Waals surface area contributed by atoms with Crippen molar-refractivity contribution in [2.75, 3.05) is 13.1 Å². The molecular formula is C14H17Br2NO3S. The normalized spacial score (nSPS) is 20.3. The van der Waals surface area contributed by atoms with Crippen LogP contribution in [0.1, 0.15) is 35.9 Å². The molecule has 2 heterocycles. The van der Waals surface area contributed by atoms with Gasteiger partial charge in [0.2, 0.25) is 0 Å². The van der Waals surface area contributed by atoms with Gasteiger partial charge in [0, 0.05) is 24.0 Å². The monoisotopic (exact) mass is 437 g/mol. The molecule has 1 amide bonds. The van der Waals surface area contributed by atoms with Gasteiger partial charge >= 0.3 is 5.97 Å². The van der Waals surface area contributed by atoms with E-state index in [1.54, 1.807) is 0 Å². The Kier molecular flexibility index (Phi) is 5.85. The SMILES string of the molecule is CC(CC(=O)O)C1CCCN(C(=O)c2cc(Br)c(Br)s2)C1. The molecule has 2 unspecified atom stereocenters. The van der Waals surface area contributed by atoms with Crippen LogP contribution in [0.15, 0.2) is 14.3 Å². The number of halogens is 2. The van der Waals surface area contributed by atoms with Gasteiger partial charge in [-0.3, -0.25) is 9.59 Å². The fourth-order valence-electron chi connectivity index (χ4n) is 2.71. The molecule has 1 N–H and O–H groups in total. The first-order valence-corrected chi connectivity index (χ1v) is 9.24. The maximum atomic E-state index is 12.5. The lowest BCUT2D eigenvalue weighted by molar-refractivity contribution is -0.138. The molecule has 0 bridgehead atoms. The minimum absolute atomic E-state index is 0.0404. The van der Waals surface area contributed by atoms with Crippen molar-refractivity contribution in [2.45, 2.75) is 26.2 Å². The minimum Gasteiger partial charge on any atom is -0.481 e. The molecule has 2 rings (SSSR count). The number of likely N-dealkylation sites (tertiary alicyclic amines) is 1. The molecule has 1 aliphatic rings. The van der Waals surface area contributed by atoms with Crippen molar-refractivity contribution < 1.29 is 14.7 Å². The van der Waals surface area contributed by atoms with E-state index < -0.39 is 5.97 Å². The van der Waals surface area contributed by atoms with E-state index in [4.69, 9.17) is 5.11 Å². The first kappa shape index (κ1) is 17.0. The molecule has 0 aliphatic carbocycles. The van der Waals surface area contributed by atoms with Gasteiger partial charge < -0.3 is 10.0 Å². The van der Waals surface area contributed by atoms with Gasteiger partial charge in [-0.25, -0.2) is 0 Å². The molecule has 0 spiro atoms. The van der Waals surface area contributed by atoms with Gasteiger partial charge in [-0.15, -0.1) is 11.3 Å². The summed E-state index contributed by atoms with van der Waals surface area (Å²) in [5.41, 5.74) is 0. The zero-order valence-corrected chi connectivity index (χ0v) is 15.6. The number of carboxylic acids is 1. The first-order valence-electron chi connectivity index (χ1n) is 6.84. The highest BCUT2D eigenvalue weighted by Gasteiger charge is 2.29. The van der Waals surface area contributed by atoms with Gasteiger partial charge in [-0.1, -0.05) is 6.92 Å².